The number of fused-ring (bicyclic) bond motifs is 3. The third-order valence-electron chi connectivity index (χ3n) is 4.26. The molecule has 0 atom stereocenters. The number of esters is 1. The Bertz CT molecular complexity index is 1410. The van der Waals surface area contributed by atoms with Gasteiger partial charge in [0.25, 0.3) is 5.56 Å². The van der Waals surface area contributed by atoms with Crippen LogP contribution in [0.1, 0.15) is 15.2 Å². The van der Waals surface area contributed by atoms with Gasteiger partial charge in [-0.2, -0.15) is 0 Å². The first-order chi connectivity index (χ1) is 13.7. The lowest BCUT2D eigenvalue weighted by Gasteiger charge is -2.02. The number of ether oxygens (including phenoxy) is 1. The van der Waals surface area contributed by atoms with Gasteiger partial charge in [0.05, 0.1) is 15.6 Å². The van der Waals surface area contributed by atoms with E-state index in [-0.39, 0.29) is 11.5 Å². The van der Waals surface area contributed by atoms with Crippen LogP contribution >= 0.6 is 22.7 Å². The second-order valence-electron chi connectivity index (χ2n) is 6.07. The number of aromatic nitrogens is 2. The van der Waals surface area contributed by atoms with E-state index in [1.54, 1.807) is 28.7 Å². The molecule has 0 saturated heterocycles. The molecule has 2 aromatic carbocycles. The molecule has 0 aliphatic heterocycles. The molecule has 3 aromatic heterocycles. The monoisotopic (exact) mass is 404 g/mol. The molecule has 0 spiro atoms. The molecule has 5 nitrogen and oxygen atoms in total. The predicted octanol–water partition coefficient (Wildman–Crippen LogP) is 3.74. The molecule has 0 amide bonds. The van der Waals surface area contributed by atoms with E-state index in [4.69, 9.17) is 4.74 Å². The van der Waals surface area contributed by atoms with Crippen molar-refractivity contribution in [3.8, 4) is 5.75 Å². The predicted molar refractivity (Wildman–Crippen MR) is 111 cm³/mol. The molecule has 5 aromatic rings. The van der Waals surface area contributed by atoms with Crippen LogP contribution in [0.4, 0.5) is 0 Å². The van der Waals surface area contributed by atoms with Gasteiger partial charge in [-0.3, -0.25) is 4.79 Å². The van der Waals surface area contributed by atoms with E-state index >= 15 is 0 Å². The maximum atomic E-state index is 12.8. The fraction of sp³-hybridized carbons (Fsp3) is 0. The summed E-state index contributed by atoms with van der Waals surface area (Å²) in [7, 11) is 0. The van der Waals surface area contributed by atoms with Crippen molar-refractivity contribution in [2.24, 2.45) is 0 Å². The number of hydrogen-bond acceptors (Lipinski definition) is 6. The zero-order valence-electron chi connectivity index (χ0n) is 14.4. The number of carbonyl (C=O) groups excluding carboxylic acids is 1. The summed E-state index contributed by atoms with van der Waals surface area (Å²) in [6.07, 6.45) is 1.82. The number of para-hydroxylation sites is 2. The Labute approximate surface area is 166 Å². The number of thiazole rings is 1. The van der Waals surface area contributed by atoms with Crippen LogP contribution in [-0.2, 0) is 0 Å². The lowest BCUT2D eigenvalue weighted by molar-refractivity contribution is 0.0740. The van der Waals surface area contributed by atoms with E-state index in [9.17, 15) is 9.59 Å². The van der Waals surface area contributed by atoms with Gasteiger partial charge in [0.2, 0.25) is 0 Å². The smallest absolute Gasteiger partial charge is 0.353 e. The fourth-order valence-electron chi connectivity index (χ4n) is 2.95. The van der Waals surface area contributed by atoms with Crippen molar-refractivity contribution >= 4 is 50.7 Å². The normalized spacial score (nSPS) is 12.1. The van der Waals surface area contributed by atoms with Crippen molar-refractivity contribution in [1.29, 1.82) is 0 Å². The highest BCUT2D eigenvalue weighted by Gasteiger charge is 2.11. The summed E-state index contributed by atoms with van der Waals surface area (Å²) in [4.78, 5) is 30.5. The van der Waals surface area contributed by atoms with Gasteiger partial charge >= 0.3 is 5.97 Å². The molecular weight excluding hydrogens is 392 g/mol. The highest BCUT2D eigenvalue weighted by atomic mass is 32.1. The number of imidazole rings is 1. The van der Waals surface area contributed by atoms with Crippen molar-refractivity contribution in [3.63, 3.8) is 0 Å². The van der Waals surface area contributed by atoms with Crippen LogP contribution in [-0.4, -0.2) is 15.4 Å². The van der Waals surface area contributed by atoms with E-state index in [0.717, 1.165) is 16.6 Å². The molecule has 0 aliphatic rings. The number of thiophene rings is 1. The molecule has 5 rings (SSSR count). The Kier molecular flexibility index (Phi) is 4.03. The van der Waals surface area contributed by atoms with Gasteiger partial charge in [-0.15, -0.1) is 11.3 Å². The molecule has 28 heavy (non-hydrogen) atoms. The summed E-state index contributed by atoms with van der Waals surface area (Å²) in [5.41, 5.74) is 2.40. The molecule has 0 N–H and O–H groups in total. The first kappa shape index (κ1) is 16.9. The summed E-state index contributed by atoms with van der Waals surface area (Å²) in [6, 6.07) is 18.2. The molecule has 0 unspecified atom stereocenters. The van der Waals surface area contributed by atoms with Gasteiger partial charge in [-0.1, -0.05) is 41.7 Å². The van der Waals surface area contributed by atoms with Crippen molar-refractivity contribution in [2.75, 3.05) is 0 Å². The van der Waals surface area contributed by atoms with Crippen molar-refractivity contribution < 1.29 is 9.53 Å². The second-order valence-corrected chi connectivity index (χ2v) is 8.03. The molecule has 0 fully saturated rings. The number of carbonyl (C=O) groups is 1. The molecule has 0 aliphatic carbocycles. The lowest BCUT2D eigenvalue weighted by atomic mass is 10.2. The number of hydrogen-bond donors (Lipinski definition) is 0. The Morgan fingerprint density at radius 1 is 1.04 bits per heavy atom. The largest absolute Gasteiger partial charge is 0.422 e. The second kappa shape index (κ2) is 6.70. The van der Waals surface area contributed by atoms with E-state index < -0.39 is 0 Å². The molecule has 0 radical (unpaired) electrons. The molecule has 3 heterocycles. The van der Waals surface area contributed by atoms with E-state index in [2.05, 4.69) is 4.98 Å². The zero-order valence-corrected chi connectivity index (χ0v) is 16.0. The van der Waals surface area contributed by atoms with Crippen LogP contribution in [0, 0.1) is 0 Å². The molecule has 7 heteroatoms. The molecule has 136 valence electrons. The Morgan fingerprint density at radius 3 is 2.64 bits per heavy atom. The minimum atomic E-state index is -0.375. The maximum Gasteiger partial charge on any atom is 0.353 e. The van der Waals surface area contributed by atoms with Crippen LogP contribution in [0.2, 0.25) is 0 Å². The quantitative estimate of drug-likeness (QED) is 0.340. The fourth-order valence-corrected chi connectivity index (χ4v) is 4.53. The first-order valence-electron chi connectivity index (χ1n) is 8.46. The van der Waals surface area contributed by atoms with E-state index in [0.29, 0.717) is 20.1 Å². The van der Waals surface area contributed by atoms with Crippen molar-refractivity contribution in [3.05, 3.63) is 91.4 Å². The van der Waals surface area contributed by atoms with Gasteiger partial charge in [0.15, 0.2) is 4.96 Å². The summed E-state index contributed by atoms with van der Waals surface area (Å²) in [5, 5.41) is 1.83. The minimum absolute atomic E-state index is 0.0816. The topological polar surface area (TPSA) is 60.7 Å². The third kappa shape index (κ3) is 2.90. The summed E-state index contributed by atoms with van der Waals surface area (Å²) < 4.78 is 7.61. The van der Waals surface area contributed by atoms with Gasteiger partial charge in [0, 0.05) is 0 Å². The Morgan fingerprint density at radius 2 is 1.86 bits per heavy atom. The number of nitrogens with zero attached hydrogens (tertiary/aromatic N) is 2. The third-order valence-corrected chi connectivity index (χ3v) is 6.07. The van der Waals surface area contributed by atoms with E-state index in [1.165, 1.54) is 22.7 Å². The Hall–Kier alpha value is -3.29. The van der Waals surface area contributed by atoms with Gasteiger partial charge < -0.3 is 4.74 Å². The first-order valence-corrected chi connectivity index (χ1v) is 10.2. The summed E-state index contributed by atoms with van der Waals surface area (Å²) >= 11 is 2.70. The molecule has 0 bridgehead atoms. The highest BCUT2D eigenvalue weighted by molar-refractivity contribution is 7.15. The van der Waals surface area contributed by atoms with Crippen LogP contribution in [0.15, 0.2) is 70.8 Å². The van der Waals surface area contributed by atoms with Gasteiger partial charge in [0.1, 0.15) is 10.6 Å². The minimum Gasteiger partial charge on any atom is -0.422 e. The summed E-state index contributed by atoms with van der Waals surface area (Å²) in [5.74, 6) is 0.0878. The van der Waals surface area contributed by atoms with E-state index in [1.807, 2.05) is 47.9 Å². The van der Waals surface area contributed by atoms with Crippen molar-refractivity contribution in [1.82, 2.24) is 9.38 Å². The molecule has 0 saturated carbocycles. The van der Waals surface area contributed by atoms with Crippen LogP contribution < -0.4 is 14.8 Å². The number of benzene rings is 2. The number of rotatable bonds is 3. The lowest BCUT2D eigenvalue weighted by Crippen LogP contribution is -2.22. The summed E-state index contributed by atoms with van der Waals surface area (Å²) in [6.45, 7) is 0. The average Bonchev–Trinajstić information content (AvgIpc) is 3.41. The Balaban J connectivity index is 1.47. The SMILES string of the molecule is O=C(Oc1ccc(/C=c2\sc3nc4ccccc4n3c2=O)cc1)c1cccs1. The van der Waals surface area contributed by atoms with Crippen LogP contribution in [0.5, 0.6) is 5.75 Å². The van der Waals surface area contributed by atoms with Gasteiger partial charge in [-0.05, 0) is 47.4 Å². The van der Waals surface area contributed by atoms with Crippen LogP contribution in [0.3, 0.4) is 0 Å². The maximum absolute atomic E-state index is 12.8. The molecular formula is C21H12N2O3S2. The average molecular weight is 404 g/mol. The zero-order chi connectivity index (χ0) is 19.1. The standard InChI is InChI=1S/C21H12N2O3S2/c24-19-18(28-21-22-15-4-1-2-5-16(15)23(19)21)12-13-7-9-14(10-8-13)26-20(25)17-6-3-11-27-17/h1-12H/b18-12-. The van der Waals surface area contributed by atoms with Gasteiger partial charge in [-0.25, -0.2) is 14.2 Å². The van der Waals surface area contributed by atoms with Crippen molar-refractivity contribution in [2.45, 2.75) is 0 Å². The highest BCUT2D eigenvalue weighted by Crippen LogP contribution is 2.18. The van der Waals surface area contributed by atoms with Crippen LogP contribution in [0.25, 0.3) is 22.1 Å².